The summed E-state index contributed by atoms with van der Waals surface area (Å²) in [6.45, 7) is 4.79. The third kappa shape index (κ3) is 4.80. The van der Waals surface area contributed by atoms with Gasteiger partial charge in [-0.15, -0.1) is 0 Å². The Labute approximate surface area is 323 Å². The van der Waals surface area contributed by atoms with Crippen molar-refractivity contribution in [2.75, 3.05) is 0 Å². The van der Waals surface area contributed by atoms with E-state index in [0.717, 1.165) is 33.8 Å². The summed E-state index contributed by atoms with van der Waals surface area (Å²) < 4.78 is 2.53. The van der Waals surface area contributed by atoms with Crippen molar-refractivity contribution in [3.8, 4) is 50.5 Å². The third-order valence-electron chi connectivity index (χ3n) is 11.2. The first-order valence-electron chi connectivity index (χ1n) is 18.5. The lowest BCUT2D eigenvalue weighted by Gasteiger charge is -2.22. The molecule has 0 N–H and O–H groups in total. The summed E-state index contributed by atoms with van der Waals surface area (Å²) in [7, 11) is 0. The molecule has 0 atom stereocenters. The van der Waals surface area contributed by atoms with E-state index in [4.69, 9.17) is 4.98 Å². The van der Waals surface area contributed by atoms with Crippen LogP contribution in [-0.2, 0) is 5.41 Å². The zero-order valence-electron chi connectivity index (χ0n) is 29.9. The smallest absolute Gasteiger partial charge is 0.0715 e. The van der Waals surface area contributed by atoms with E-state index in [-0.39, 0.29) is 5.41 Å². The summed E-state index contributed by atoms with van der Waals surface area (Å²) in [4.78, 5) is 10.5. The van der Waals surface area contributed by atoms with Gasteiger partial charge in [0.15, 0.2) is 0 Å². The molecule has 1 aliphatic heterocycles. The normalized spacial score (nSPS) is 13.7. The molecule has 256 valence electrons. The molecule has 0 amide bonds. The van der Waals surface area contributed by atoms with Crippen molar-refractivity contribution in [1.29, 1.82) is 0 Å². The van der Waals surface area contributed by atoms with Crippen molar-refractivity contribution in [3.63, 3.8) is 0 Å². The van der Waals surface area contributed by atoms with E-state index in [9.17, 15) is 0 Å². The second-order valence-corrected chi connectivity index (χ2v) is 16.9. The summed E-state index contributed by atoms with van der Waals surface area (Å²) in [5, 5.41) is 2.66. The largest absolute Gasteiger partial charge is 0.308 e. The highest BCUT2D eigenvalue weighted by Crippen LogP contribution is 2.56. The molecule has 2 aromatic heterocycles. The highest BCUT2D eigenvalue weighted by Gasteiger charge is 2.38. The Kier molecular flexibility index (Phi) is 7.11. The number of benzene rings is 7. The summed E-state index contributed by atoms with van der Waals surface area (Å²) in [5.74, 6) is 0. The van der Waals surface area contributed by atoms with Crippen molar-refractivity contribution >= 4 is 45.3 Å². The van der Waals surface area contributed by atoms with Crippen LogP contribution >= 0.6 is 23.5 Å². The van der Waals surface area contributed by atoms with Crippen LogP contribution in [0.25, 0.3) is 72.3 Å². The monoisotopic (exact) mass is 726 g/mol. The van der Waals surface area contributed by atoms with Crippen LogP contribution in [0.5, 0.6) is 0 Å². The Bertz CT molecular complexity index is 2880. The molecule has 0 spiro atoms. The molecule has 9 aromatic rings. The number of pyridine rings is 1. The zero-order valence-corrected chi connectivity index (χ0v) is 31.5. The quantitative estimate of drug-likeness (QED) is 0.180. The predicted octanol–water partition coefficient (Wildman–Crippen LogP) is 14.1. The molecular weight excluding hydrogens is 693 g/mol. The van der Waals surface area contributed by atoms with Gasteiger partial charge in [-0.25, -0.2) is 4.98 Å². The first-order chi connectivity index (χ1) is 26.5. The lowest BCUT2D eigenvalue weighted by Crippen LogP contribution is -2.15. The minimum atomic E-state index is -0.134. The fourth-order valence-electron chi connectivity index (χ4n) is 8.73. The van der Waals surface area contributed by atoms with Crippen LogP contribution < -0.4 is 0 Å². The zero-order chi connectivity index (χ0) is 36.0. The van der Waals surface area contributed by atoms with E-state index in [1.54, 1.807) is 0 Å². The van der Waals surface area contributed by atoms with Gasteiger partial charge in [-0.05, 0) is 81.9 Å². The van der Waals surface area contributed by atoms with Crippen LogP contribution in [0.15, 0.2) is 189 Å². The van der Waals surface area contributed by atoms with Crippen LogP contribution in [0.4, 0.5) is 0 Å². The molecule has 0 radical (unpaired) electrons. The van der Waals surface area contributed by atoms with Gasteiger partial charge in [0.1, 0.15) is 0 Å². The molecular formula is C50H34N2S2. The molecule has 7 aromatic carbocycles. The van der Waals surface area contributed by atoms with E-state index in [2.05, 4.69) is 188 Å². The van der Waals surface area contributed by atoms with Crippen molar-refractivity contribution in [1.82, 2.24) is 9.55 Å². The van der Waals surface area contributed by atoms with Gasteiger partial charge in [0, 0.05) is 47.7 Å². The highest BCUT2D eigenvalue weighted by molar-refractivity contribution is 8.05. The van der Waals surface area contributed by atoms with Crippen molar-refractivity contribution in [2.24, 2.45) is 0 Å². The fraction of sp³-hybridized carbons (Fsp3) is 0.0600. The summed E-state index contributed by atoms with van der Waals surface area (Å²) in [6, 6.07) is 61.8. The van der Waals surface area contributed by atoms with Crippen LogP contribution in [0.1, 0.15) is 25.0 Å². The Morgan fingerprint density at radius 3 is 1.87 bits per heavy atom. The predicted molar refractivity (Wildman–Crippen MR) is 227 cm³/mol. The standard InChI is InChI=1S/C50H34N2S2/c1-50(2)39-18-10-9-17-36(39)37-25-27-42-46(47(37)50)38-26-28-45-49(54-44-20-12-11-19-43(44)53-45)48(38)52(42)35-23-21-33(22-24-35)41-30-34(31-13-5-3-6-14-31)29-40(51-41)32-15-7-4-8-16-32/h3-30H,1-2H3. The van der Waals surface area contributed by atoms with Gasteiger partial charge in [0.05, 0.1) is 27.3 Å². The SMILES string of the molecule is CC1(C)c2ccccc2-c2ccc3c(c21)c1ccc2c(c1n3-c1ccc(-c3cc(-c4ccccc4)cc(-c4ccccc4)n3)cc1)Sc1ccccc1S2. The van der Waals surface area contributed by atoms with E-state index in [1.807, 2.05) is 23.5 Å². The van der Waals surface area contributed by atoms with Crippen molar-refractivity contribution in [2.45, 2.75) is 38.8 Å². The first kappa shape index (κ1) is 31.7. The van der Waals surface area contributed by atoms with Gasteiger partial charge < -0.3 is 4.57 Å². The summed E-state index contributed by atoms with van der Waals surface area (Å²) >= 11 is 3.79. The maximum Gasteiger partial charge on any atom is 0.0715 e. The Morgan fingerprint density at radius 1 is 0.500 bits per heavy atom. The van der Waals surface area contributed by atoms with Gasteiger partial charge in [0.2, 0.25) is 0 Å². The van der Waals surface area contributed by atoms with E-state index < -0.39 is 0 Å². The Morgan fingerprint density at radius 2 is 1.13 bits per heavy atom. The van der Waals surface area contributed by atoms with Crippen LogP contribution in [0, 0.1) is 0 Å². The number of nitrogens with zero attached hydrogens (tertiary/aromatic N) is 2. The lowest BCUT2D eigenvalue weighted by molar-refractivity contribution is 0.666. The van der Waals surface area contributed by atoms with Gasteiger partial charge in [-0.1, -0.05) is 159 Å². The van der Waals surface area contributed by atoms with Crippen LogP contribution in [0.2, 0.25) is 0 Å². The van der Waals surface area contributed by atoms with Crippen molar-refractivity contribution in [3.05, 3.63) is 181 Å². The minimum Gasteiger partial charge on any atom is -0.308 e. The molecule has 0 unspecified atom stereocenters. The number of fused-ring (bicyclic) bond motifs is 10. The second-order valence-electron chi connectivity index (χ2n) is 14.7. The second kappa shape index (κ2) is 12.1. The molecule has 0 bridgehead atoms. The highest BCUT2D eigenvalue weighted by atomic mass is 32.2. The number of hydrogen-bond donors (Lipinski definition) is 0. The maximum absolute atomic E-state index is 5.23. The lowest BCUT2D eigenvalue weighted by atomic mass is 9.80. The molecule has 0 saturated heterocycles. The molecule has 4 heteroatoms. The average Bonchev–Trinajstić information content (AvgIpc) is 3.69. The molecule has 3 heterocycles. The molecule has 2 nitrogen and oxygen atoms in total. The summed E-state index contributed by atoms with van der Waals surface area (Å²) in [6.07, 6.45) is 0. The van der Waals surface area contributed by atoms with Gasteiger partial charge >= 0.3 is 0 Å². The van der Waals surface area contributed by atoms with Gasteiger partial charge in [0.25, 0.3) is 0 Å². The van der Waals surface area contributed by atoms with Crippen LogP contribution in [-0.4, -0.2) is 9.55 Å². The molecule has 0 fully saturated rings. The third-order valence-corrected chi connectivity index (χ3v) is 13.8. The number of rotatable bonds is 4. The average molecular weight is 727 g/mol. The maximum atomic E-state index is 5.23. The van der Waals surface area contributed by atoms with E-state index in [0.29, 0.717) is 0 Å². The molecule has 0 saturated carbocycles. The fourth-order valence-corrected chi connectivity index (χ4v) is 11.1. The van der Waals surface area contributed by atoms with Gasteiger partial charge in [-0.2, -0.15) is 0 Å². The van der Waals surface area contributed by atoms with Gasteiger partial charge in [-0.3, -0.25) is 0 Å². The first-order valence-corrected chi connectivity index (χ1v) is 20.1. The molecule has 11 rings (SSSR count). The van der Waals surface area contributed by atoms with Crippen molar-refractivity contribution < 1.29 is 0 Å². The Balaban J connectivity index is 1.13. The Hall–Kier alpha value is -5.81. The number of aromatic nitrogens is 2. The van der Waals surface area contributed by atoms with E-state index >= 15 is 0 Å². The number of hydrogen-bond acceptors (Lipinski definition) is 3. The van der Waals surface area contributed by atoms with E-state index in [1.165, 1.54) is 69.2 Å². The topological polar surface area (TPSA) is 17.8 Å². The molecule has 2 aliphatic rings. The molecule has 54 heavy (non-hydrogen) atoms. The molecule has 1 aliphatic carbocycles. The summed E-state index contributed by atoms with van der Waals surface area (Å²) in [5.41, 5.74) is 15.5. The van der Waals surface area contributed by atoms with Crippen LogP contribution in [0.3, 0.4) is 0 Å². The minimum absolute atomic E-state index is 0.134.